The second-order valence-corrected chi connectivity index (χ2v) is 5.33. The van der Waals surface area contributed by atoms with E-state index in [1.807, 2.05) is 6.92 Å². The Labute approximate surface area is 137 Å². The van der Waals surface area contributed by atoms with Gasteiger partial charge in [-0.1, -0.05) is 13.0 Å². The van der Waals surface area contributed by atoms with Crippen LogP contribution < -0.4 is 34.7 Å². The van der Waals surface area contributed by atoms with Gasteiger partial charge in [0.15, 0.2) is 5.60 Å². The molecule has 0 spiro atoms. The quantitative estimate of drug-likeness (QED) is 0.292. The molecule has 0 bridgehead atoms. The Bertz CT molecular complexity index is 532. The molecule has 1 amide bonds. The van der Waals surface area contributed by atoms with Gasteiger partial charge in [-0.25, -0.2) is 4.79 Å². The number of aliphatic carboxylic acids is 1. The smallest absolute Gasteiger partial charge is 0.543 e. The van der Waals surface area contributed by atoms with Crippen molar-refractivity contribution in [2.24, 2.45) is 11.8 Å². The molecule has 8 heteroatoms. The van der Waals surface area contributed by atoms with Crippen molar-refractivity contribution in [2.75, 3.05) is 6.61 Å². The van der Waals surface area contributed by atoms with Crippen molar-refractivity contribution < 1.29 is 58.5 Å². The molecule has 0 radical (unpaired) electrons. The van der Waals surface area contributed by atoms with Gasteiger partial charge in [0, 0.05) is 0 Å². The summed E-state index contributed by atoms with van der Waals surface area (Å²) in [6.45, 7) is 3.44. The fourth-order valence-corrected chi connectivity index (χ4v) is 3.15. The number of carboxylic acid groups (broad SMARTS) is 1. The number of hydrogen-bond donors (Lipinski definition) is 0. The number of carbonyl (C=O) groups is 3. The Kier molecular flexibility index (Phi) is 3.64. The van der Waals surface area contributed by atoms with Crippen LogP contribution >= 0.6 is 0 Å². The van der Waals surface area contributed by atoms with E-state index in [1.54, 1.807) is 6.92 Å². The third-order valence-electron chi connectivity index (χ3n) is 4.02. The van der Waals surface area contributed by atoms with E-state index in [0.29, 0.717) is 0 Å². The number of carboxylic acids is 1. The van der Waals surface area contributed by atoms with E-state index in [-0.39, 0.29) is 59.7 Å². The maximum absolute atomic E-state index is 12.1. The van der Waals surface area contributed by atoms with Crippen molar-refractivity contribution >= 4 is 18.0 Å². The maximum Gasteiger partial charge on any atom is 1.00 e. The van der Waals surface area contributed by atoms with Crippen LogP contribution in [0.2, 0.25) is 0 Å². The van der Waals surface area contributed by atoms with Gasteiger partial charge in [-0.15, -0.1) is 0 Å². The first-order valence-corrected chi connectivity index (χ1v) is 5.97. The second kappa shape index (κ2) is 4.75. The molecule has 0 unspecified atom stereocenters. The molecule has 3 heterocycles. The summed E-state index contributed by atoms with van der Waals surface area (Å²) in [5.74, 6) is -2.45. The minimum atomic E-state index is -1.37. The van der Waals surface area contributed by atoms with Gasteiger partial charge in [-0.2, -0.15) is 0 Å². The summed E-state index contributed by atoms with van der Waals surface area (Å²) in [5.41, 5.74) is -1.13. The van der Waals surface area contributed by atoms with Crippen molar-refractivity contribution in [1.29, 1.82) is 0 Å². The van der Waals surface area contributed by atoms with E-state index < -0.39 is 23.6 Å². The van der Waals surface area contributed by atoms with Crippen molar-refractivity contribution in [3.63, 3.8) is 0 Å². The monoisotopic (exact) mass is 289 g/mol. The predicted molar refractivity (Wildman–Crippen MR) is 57.2 cm³/mol. The van der Waals surface area contributed by atoms with E-state index in [1.165, 1.54) is 11.0 Å². The molecule has 3 aliphatic heterocycles. The Balaban J connectivity index is 0.00000147. The molecule has 102 valence electrons. The zero-order valence-electron chi connectivity index (χ0n) is 11.4. The van der Waals surface area contributed by atoms with Crippen molar-refractivity contribution in [3.8, 4) is 0 Å². The number of cyclic esters (lactones) is 2. The Morgan fingerprint density at radius 1 is 1.50 bits per heavy atom. The van der Waals surface area contributed by atoms with Crippen LogP contribution in [0.5, 0.6) is 0 Å². The van der Waals surface area contributed by atoms with Crippen LogP contribution in [0.4, 0.5) is 4.79 Å². The molecule has 0 N–H and O–H groups in total. The van der Waals surface area contributed by atoms with Gasteiger partial charge in [0.25, 0.3) is 0 Å². The standard InChI is InChI=1S/C12H13NO6.Na/c1-5-3-6(10(15)16)13-8(5)7(9(13)14)12(2)4-18-11(17)19-12;/h3,5,7-8H,4H2,1-2H3,(H,15,16);/q;+1/p-1/t5-,7-,8-,12-;/m0./s1. The first-order valence-electron chi connectivity index (χ1n) is 5.97. The second-order valence-electron chi connectivity index (χ2n) is 5.33. The number of fused-ring (bicyclic) bond motifs is 1. The molecular formula is C12H12NNaO6. The van der Waals surface area contributed by atoms with Crippen LogP contribution in [0.1, 0.15) is 13.8 Å². The number of hydrogen-bond acceptors (Lipinski definition) is 6. The fraction of sp³-hybridized carbons (Fsp3) is 0.583. The van der Waals surface area contributed by atoms with Crippen LogP contribution in [0.15, 0.2) is 11.8 Å². The molecule has 20 heavy (non-hydrogen) atoms. The van der Waals surface area contributed by atoms with E-state index in [0.717, 1.165) is 0 Å². The van der Waals surface area contributed by atoms with Crippen molar-refractivity contribution in [3.05, 3.63) is 11.8 Å². The molecule has 0 aromatic heterocycles. The van der Waals surface area contributed by atoms with Crippen LogP contribution in [-0.4, -0.2) is 41.2 Å². The minimum absolute atomic E-state index is 0. The van der Waals surface area contributed by atoms with Crippen molar-refractivity contribution in [2.45, 2.75) is 25.5 Å². The van der Waals surface area contributed by atoms with Crippen LogP contribution in [-0.2, 0) is 19.1 Å². The van der Waals surface area contributed by atoms with Gasteiger partial charge in [0.1, 0.15) is 12.5 Å². The summed E-state index contributed by atoms with van der Waals surface area (Å²) in [4.78, 5) is 35.4. The van der Waals surface area contributed by atoms with Gasteiger partial charge in [0.2, 0.25) is 5.91 Å². The van der Waals surface area contributed by atoms with Gasteiger partial charge in [-0.3, -0.25) is 4.79 Å². The third kappa shape index (κ3) is 1.88. The van der Waals surface area contributed by atoms with Crippen molar-refractivity contribution in [1.82, 2.24) is 4.90 Å². The molecule has 0 aliphatic carbocycles. The fourth-order valence-electron chi connectivity index (χ4n) is 3.15. The summed E-state index contributed by atoms with van der Waals surface area (Å²) in [5, 5.41) is 11.0. The molecule has 2 saturated heterocycles. The number of amides is 1. The van der Waals surface area contributed by atoms with Gasteiger partial charge in [-0.05, 0) is 12.8 Å². The van der Waals surface area contributed by atoms with Gasteiger partial charge in [0.05, 0.1) is 17.7 Å². The van der Waals surface area contributed by atoms with Crippen LogP contribution in [0.25, 0.3) is 0 Å². The van der Waals surface area contributed by atoms with E-state index in [4.69, 9.17) is 9.47 Å². The Hall–Kier alpha value is -1.05. The summed E-state index contributed by atoms with van der Waals surface area (Å²) in [6.07, 6.45) is 0.700. The number of β-lactam (4-membered cyclic amide) rings is 1. The predicted octanol–water partition coefficient (Wildman–Crippen LogP) is -3.97. The molecule has 3 rings (SSSR count). The molecule has 7 nitrogen and oxygen atoms in total. The topological polar surface area (TPSA) is 96.0 Å². The maximum atomic E-state index is 12.1. The average Bonchev–Trinajstić information content (AvgIpc) is 2.78. The molecular weight excluding hydrogens is 277 g/mol. The molecule has 4 atom stereocenters. The van der Waals surface area contributed by atoms with Gasteiger partial charge >= 0.3 is 35.7 Å². The zero-order chi connectivity index (χ0) is 13.9. The minimum Gasteiger partial charge on any atom is -0.543 e. The summed E-state index contributed by atoms with van der Waals surface area (Å²) >= 11 is 0. The number of nitrogens with zero attached hydrogens (tertiary/aromatic N) is 1. The Morgan fingerprint density at radius 3 is 2.65 bits per heavy atom. The molecule has 0 aromatic rings. The molecule has 2 fully saturated rings. The van der Waals surface area contributed by atoms with E-state index in [9.17, 15) is 19.5 Å². The zero-order valence-corrected chi connectivity index (χ0v) is 13.4. The summed E-state index contributed by atoms with van der Waals surface area (Å²) in [6, 6.07) is -0.320. The largest absolute Gasteiger partial charge is 1.00 e. The number of rotatable bonds is 2. The number of ether oxygens (including phenoxy) is 2. The number of carbonyl (C=O) groups excluding carboxylic acids is 3. The summed E-state index contributed by atoms with van der Waals surface area (Å²) < 4.78 is 9.83. The molecule has 3 aliphatic rings. The third-order valence-corrected chi connectivity index (χ3v) is 4.02. The molecule has 0 aromatic carbocycles. The van der Waals surface area contributed by atoms with E-state index in [2.05, 4.69) is 0 Å². The average molecular weight is 289 g/mol. The SMILES string of the molecule is C[C@H]1C=C(C(=O)[O-])N2C(=O)[C@@H]([C@]3(C)COC(=O)O3)[C@H]12.[Na+]. The van der Waals surface area contributed by atoms with Crippen LogP contribution in [0, 0.1) is 11.8 Å². The normalized spacial score (nSPS) is 38.2. The summed E-state index contributed by atoms with van der Waals surface area (Å²) in [7, 11) is 0. The first kappa shape index (κ1) is 15.3. The van der Waals surface area contributed by atoms with E-state index >= 15 is 0 Å². The Morgan fingerprint density at radius 2 is 2.15 bits per heavy atom. The molecule has 0 saturated carbocycles. The van der Waals surface area contributed by atoms with Gasteiger partial charge < -0.3 is 24.3 Å². The first-order chi connectivity index (χ1) is 8.85. The van der Waals surface area contributed by atoms with Crippen LogP contribution in [0.3, 0.4) is 0 Å².